The van der Waals surface area contributed by atoms with Gasteiger partial charge < -0.3 is 4.74 Å². The lowest BCUT2D eigenvalue weighted by Gasteiger charge is -2.15. The summed E-state index contributed by atoms with van der Waals surface area (Å²) in [6, 6.07) is 11.5. The minimum absolute atomic E-state index is 0.116. The van der Waals surface area contributed by atoms with E-state index < -0.39 is 38.2 Å². The molecule has 0 amide bonds. The Balaban J connectivity index is 1.62. The summed E-state index contributed by atoms with van der Waals surface area (Å²) in [4.78, 5) is 24.7. The Morgan fingerprint density at radius 1 is 0.935 bits per heavy atom. The molecule has 0 aliphatic carbocycles. The Hall–Kier alpha value is -2.56. The molecule has 2 aromatic rings. The van der Waals surface area contributed by atoms with E-state index in [1.165, 1.54) is 40.7 Å². The van der Waals surface area contributed by atoms with Crippen LogP contribution < -0.4 is 0 Å². The van der Waals surface area contributed by atoms with Crippen molar-refractivity contribution in [2.45, 2.75) is 23.5 Å². The van der Waals surface area contributed by atoms with Crippen molar-refractivity contribution in [3.8, 4) is 0 Å². The highest BCUT2D eigenvalue weighted by Gasteiger charge is 2.27. The van der Waals surface area contributed by atoms with Gasteiger partial charge in [-0.2, -0.15) is 4.31 Å². The van der Waals surface area contributed by atoms with Crippen LogP contribution in [0, 0.1) is 0 Å². The van der Waals surface area contributed by atoms with Crippen LogP contribution >= 0.6 is 0 Å². The number of benzene rings is 2. The minimum Gasteiger partial charge on any atom is -0.454 e. The molecule has 2 aromatic carbocycles. The fraction of sp³-hybridized carbons (Fsp3) is 0.333. The van der Waals surface area contributed by atoms with Gasteiger partial charge in [0.2, 0.25) is 10.0 Å². The van der Waals surface area contributed by atoms with E-state index in [1.807, 2.05) is 0 Å². The molecule has 1 saturated heterocycles. The van der Waals surface area contributed by atoms with Gasteiger partial charge in [0.1, 0.15) is 0 Å². The number of sulfone groups is 1. The summed E-state index contributed by atoms with van der Waals surface area (Å²) < 4.78 is 54.4. The molecule has 0 unspecified atom stereocenters. The van der Waals surface area contributed by atoms with Gasteiger partial charge in [-0.05, 0) is 54.8 Å². The molecule has 1 aliphatic rings. The predicted octanol–water partition coefficient (Wildman–Crippen LogP) is 2.06. The van der Waals surface area contributed by atoms with E-state index in [-0.39, 0.29) is 21.8 Å². The standard InChI is InChI=1S/C21H23NO7S2/c1-30(25,26)15-16-5-4-6-18(13-16)21(24)29-14-20(23)17-7-9-19(10-8-17)31(27,28)22-11-2-3-12-22/h4-10,13H,2-3,11-12,14-15H2,1H3. The number of ketones is 1. The van der Waals surface area contributed by atoms with Crippen LogP contribution in [0.5, 0.6) is 0 Å². The van der Waals surface area contributed by atoms with Crippen LogP contribution in [0.3, 0.4) is 0 Å². The van der Waals surface area contributed by atoms with Gasteiger partial charge in [0, 0.05) is 24.9 Å². The van der Waals surface area contributed by atoms with Crippen LogP contribution in [0.4, 0.5) is 0 Å². The number of esters is 1. The molecular weight excluding hydrogens is 442 g/mol. The fourth-order valence-electron chi connectivity index (χ4n) is 3.28. The average molecular weight is 466 g/mol. The monoisotopic (exact) mass is 465 g/mol. The maximum atomic E-state index is 12.5. The molecule has 1 fully saturated rings. The molecule has 0 saturated carbocycles. The molecule has 0 aromatic heterocycles. The molecular formula is C21H23NO7S2. The zero-order valence-corrected chi connectivity index (χ0v) is 18.6. The molecule has 31 heavy (non-hydrogen) atoms. The molecule has 166 valence electrons. The average Bonchev–Trinajstić information content (AvgIpc) is 3.26. The number of hydrogen-bond acceptors (Lipinski definition) is 7. The Labute approximate surface area is 181 Å². The van der Waals surface area contributed by atoms with Gasteiger partial charge in [0.05, 0.1) is 16.2 Å². The van der Waals surface area contributed by atoms with Crippen molar-refractivity contribution in [1.29, 1.82) is 0 Å². The Morgan fingerprint density at radius 3 is 2.19 bits per heavy atom. The van der Waals surface area contributed by atoms with Gasteiger partial charge in [-0.25, -0.2) is 21.6 Å². The fourth-order valence-corrected chi connectivity index (χ4v) is 5.58. The van der Waals surface area contributed by atoms with Crippen LogP contribution in [0.2, 0.25) is 0 Å². The van der Waals surface area contributed by atoms with Gasteiger partial charge >= 0.3 is 5.97 Å². The number of Topliss-reactive ketones (excluding diaryl/α,β-unsaturated/α-hetero) is 1. The first-order valence-corrected chi connectivity index (χ1v) is 13.1. The first-order chi connectivity index (χ1) is 14.6. The molecule has 0 spiro atoms. The second-order valence-electron chi connectivity index (χ2n) is 7.41. The second-order valence-corrected chi connectivity index (χ2v) is 11.5. The first-order valence-electron chi connectivity index (χ1n) is 9.63. The lowest BCUT2D eigenvalue weighted by atomic mass is 10.1. The van der Waals surface area contributed by atoms with E-state index in [9.17, 15) is 26.4 Å². The van der Waals surface area contributed by atoms with Gasteiger partial charge in [-0.15, -0.1) is 0 Å². The quantitative estimate of drug-likeness (QED) is 0.433. The van der Waals surface area contributed by atoms with Crippen molar-refractivity contribution in [3.63, 3.8) is 0 Å². The molecule has 0 bridgehead atoms. The van der Waals surface area contributed by atoms with Crippen molar-refractivity contribution in [2.75, 3.05) is 26.0 Å². The van der Waals surface area contributed by atoms with Crippen molar-refractivity contribution in [1.82, 2.24) is 4.31 Å². The van der Waals surface area contributed by atoms with Gasteiger partial charge in [0.25, 0.3) is 0 Å². The maximum absolute atomic E-state index is 12.5. The van der Waals surface area contributed by atoms with Crippen LogP contribution in [-0.2, 0) is 30.4 Å². The number of hydrogen-bond donors (Lipinski definition) is 0. The Morgan fingerprint density at radius 2 is 1.58 bits per heavy atom. The Kier molecular flexibility index (Phi) is 6.93. The Bertz CT molecular complexity index is 1180. The van der Waals surface area contributed by atoms with Crippen molar-refractivity contribution in [2.24, 2.45) is 0 Å². The third kappa shape index (κ3) is 5.99. The van der Waals surface area contributed by atoms with Crippen LogP contribution in [-0.4, -0.2) is 58.8 Å². The SMILES string of the molecule is CS(=O)(=O)Cc1cccc(C(=O)OCC(=O)c2ccc(S(=O)(=O)N3CCCC3)cc2)c1. The third-order valence-corrected chi connectivity index (χ3v) is 7.58. The van der Waals surface area contributed by atoms with E-state index in [1.54, 1.807) is 12.1 Å². The topological polar surface area (TPSA) is 115 Å². The van der Waals surface area contributed by atoms with Crippen molar-refractivity contribution < 1.29 is 31.2 Å². The van der Waals surface area contributed by atoms with E-state index in [0.717, 1.165) is 19.1 Å². The number of sulfonamides is 1. The van der Waals surface area contributed by atoms with Gasteiger partial charge in [-0.3, -0.25) is 4.79 Å². The highest BCUT2D eigenvalue weighted by Crippen LogP contribution is 2.21. The summed E-state index contributed by atoms with van der Waals surface area (Å²) in [7, 11) is -6.82. The highest BCUT2D eigenvalue weighted by atomic mass is 32.2. The molecule has 3 rings (SSSR count). The summed E-state index contributed by atoms with van der Waals surface area (Å²) in [6.45, 7) is 0.460. The molecule has 1 heterocycles. The van der Waals surface area contributed by atoms with E-state index in [4.69, 9.17) is 4.74 Å². The number of carbonyl (C=O) groups is 2. The lowest BCUT2D eigenvalue weighted by molar-refractivity contribution is 0.0474. The number of nitrogens with zero attached hydrogens (tertiary/aromatic N) is 1. The summed E-state index contributed by atoms with van der Waals surface area (Å²) in [6.07, 6.45) is 2.76. The molecule has 0 atom stereocenters. The van der Waals surface area contributed by atoms with Crippen molar-refractivity contribution in [3.05, 3.63) is 65.2 Å². The molecule has 8 nitrogen and oxygen atoms in total. The van der Waals surface area contributed by atoms with Crippen LogP contribution in [0.25, 0.3) is 0 Å². The van der Waals surface area contributed by atoms with Crippen LogP contribution in [0.1, 0.15) is 39.1 Å². The van der Waals surface area contributed by atoms with Gasteiger partial charge in [0.15, 0.2) is 22.2 Å². The first kappa shape index (κ1) is 23.1. The number of rotatable bonds is 8. The normalized spacial score (nSPS) is 15.0. The summed E-state index contributed by atoms with van der Waals surface area (Å²) in [5.74, 6) is -1.44. The van der Waals surface area contributed by atoms with Gasteiger partial charge in [-0.1, -0.05) is 12.1 Å². The van der Waals surface area contributed by atoms with E-state index >= 15 is 0 Å². The zero-order valence-electron chi connectivity index (χ0n) is 17.0. The third-order valence-electron chi connectivity index (χ3n) is 4.80. The summed E-state index contributed by atoms with van der Waals surface area (Å²) >= 11 is 0. The van der Waals surface area contributed by atoms with E-state index in [0.29, 0.717) is 18.7 Å². The highest BCUT2D eigenvalue weighted by molar-refractivity contribution is 7.90. The molecule has 1 aliphatic heterocycles. The smallest absolute Gasteiger partial charge is 0.338 e. The van der Waals surface area contributed by atoms with E-state index in [2.05, 4.69) is 0 Å². The maximum Gasteiger partial charge on any atom is 0.338 e. The molecule has 0 radical (unpaired) electrons. The zero-order chi connectivity index (χ0) is 22.6. The predicted molar refractivity (Wildman–Crippen MR) is 114 cm³/mol. The molecule has 10 heteroatoms. The number of ether oxygens (including phenoxy) is 1. The second kappa shape index (κ2) is 9.29. The molecule has 0 N–H and O–H groups in total. The van der Waals surface area contributed by atoms with Crippen molar-refractivity contribution >= 4 is 31.6 Å². The summed E-state index contributed by atoms with van der Waals surface area (Å²) in [5.41, 5.74) is 0.804. The largest absolute Gasteiger partial charge is 0.454 e. The summed E-state index contributed by atoms with van der Waals surface area (Å²) in [5, 5.41) is 0. The minimum atomic E-state index is -3.57. The lowest BCUT2D eigenvalue weighted by Crippen LogP contribution is -2.27. The number of carbonyl (C=O) groups excluding carboxylic acids is 2. The van der Waals surface area contributed by atoms with Crippen LogP contribution in [0.15, 0.2) is 53.4 Å².